The molecule has 0 atom stereocenters. The highest BCUT2D eigenvalue weighted by atomic mass is 32.9. The molecular formula is C7H11OS2+. The molecule has 0 aromatic carbocycles. The maximum atomic E-state index is 5.40. The first kappa shape index (κ1) is 7.95. The van der Waals surface area contributed by atoms with Gasteiger partial charge in [-0.25, -0.2) is 4.42 Å². The van der Waals surface area contributed by atoms with Crippen LogP contribution in [0.2, 0.25) is 0 Å². The Morgan fingerprint density at radius 2 is 2.30 bits per heavy atom. The van der Waals surface area contributed by atoms with Crippen LogP contribution in [0.4, 0.5) is 0 Å². The van der Waals surface area contributed by atoms with Crippen LogP contribution in [0.3, 0.4) is 0 Å². The molecule has 0 saturated heterocycles. The molecule has 0 N–H and O–H groups in total. The zero-order valence-corrected chi connectivity index (χ0v) is 7.85. The topological polar surface area (TPSA) is 11.3 Å². The van der Waals surface area contributed by atoms with Gasteiger partial charge < -0.3 is 0 Å². The van der Waals surface area contributed by atoms with Gasteiger partial charge in [-0.2, -0.15) is 0 Å². The molecule has 1 nitrogen and oxygen atoms in total. The summed E-state index contributed by atoms with van der Waals surface area (Å²) in [5.74, 6) is 0. The smallest absolute Gasteiger partial charge is 0.244 e. The molecule has 56 valence electrons. The standard InChI is InChI=1S/C7H11OS2/c1-3-6-5-9-10-7(6)8-4-2/h5H,3-4H2,1-2H3/q+1. The summed E-state index contributed by atoms with van der Waals surface area (Å²) in [7, 11) is 3.47. The minimum absolute atomic E-state index is 0.778. The van der Waals surface area contributed by atoms with E-state index in [2.05, 4.69) is 12.3 Å². The number of hydrogen-bond donors (Lipinski definition) is 0. The quantitative estimate of drug-likeness (QED) is 0.482. The first-order valence-electron chi connectivity index (χ1n) is 3.41. The highest BCUT2D eigenvalue weighted by Gasteiger charge is 2.04. The minimum Gasteiger partial charge on any atom is -0.244 e. The summed E-state index contributed by atoms with van der Waals surface area (Å²) in [5, 5.41) is 2.16. The summed E-state index contributed by atoms with van der Waals surface area (Å²) in [4.78, 5) is 0. The van der Waals surface area contributed by atoms with Crippen molar-refractivity contribution in [3.8, 4) is 0 Å². The van der Waals surface area contributed by atoms with Gasteiger partial charge in [0.05, 0.1) is 5.56 Å². The molecule has 0 fully saturated rings. The lowest BCUT2D eigenvalue weighted by Crippen LogP contribution is -2.00. The summed E-state index contributed by atoms with van der Waals surface area (Å²) in [5.41, 5.74) is 1.34. The van der Waals surface area contributed by atoms with Crippen molar-refractivity contribution in [2.75, 3.05) is 6.61 Å². The van der Waals surface area contributed by atoms with Crippen molar-refractivity contribution < 1.29 is 0 Å². The maximum absolute atomic E-state index is 5.40. The first-order valence-corrected chi connectivity index (χ1v) is 5.62. The van der Waals surface area contributed by atoms with Crippen LogP contribution in [-0.2, 0) is 6.42 Å². The van der Waals surface area contributed by atoms with Crippen molar-refractivity contribution in [1.29, 1.82) is 0 Å². The highest BCUT2D eigenvalue weighted by molar-refractivity contribution is 7.67. The van der Waals surface area contributed by atoms with E-state index in [1.807, 2.05) is 6.92 Å². The molecule has 0 aliphatic carbocycles. The second-order valence-corrected chi connectivity index (χ2v) is 3.94. The molecule has 0 spiro atoms. The van der Waals surface area contributed by atoms with Gasteiger partial charge in [-0.1, -0.05) is 17.3 Å². The Morgan fingerprint density at radius 1 is 1.50 bits per heavy atom. The van der Waals surface area contributed by atoms with Crippen molar-refractivity contribution in [1.82, 2.24) is 0 Å². The van der Waals surface area contributed by atoms with Crippen LogP contribution in [0, 0.1) is 0 Å². The monoisotopic (exact) mass is 175 g/mol. The van der Waals surface area contributed by atoms with Crippen LogP contribution in [-0.4, -0.2) is 6.61 Å². The van der Waals surface area contributed by atoms with E-state index in [-0.39, 0.29) is 0 Å². The van der Waals surface area contributed by atoms with E-state index in [4.69, 9.17) is 4.42 Å². The Kier molecular flexibility index (Phi) is 3.09. The predicted octanol–water partition coefficient (Wildman–Crippen LogP) is 2.29. The summed E-state index contributed by atoms with van der Waals surface area (Å²) in [6.45, 7) is 4.95. The number of rotatable bonds is 2. The Bertz CT molecular complexity index is 246. The fourth-order valence-electron chi connectivity index (χ4n) is 0.703. The first-order chi connectivity index (χ1) is 4.88. The molecule has 1 aromatic heterocycles. The van der Waals surface area contributed by atoms with Crippen LogP contribution in [0.5, 0.6) is 0 Å². The average molecular weight is 175 g/mol. The normalized spacial score (nSPS) is 12.4. The van der Waals surface area contributed by atoms with Gasteiger partial charge in [0.2, 0.25) is 0 Å². The minimum atomic E-state index is 0.778. The van der Waals surface area contributed by atoms with Crippen molar-refractivity contribution in [3.05, 3.63) is 20.1 Å². The van der Waals surface area contributed by atoms with Crippen molar-refractivity contribution in [2.24, 2.45) is 0 Å². The fourth-order valence-corrected chi connectivity index (χ4v) is 3.00. The van der Waals surface area contributed by atoms with Crippen LogP contribution in [0.25, 0.3) is 0 Å². The predicted molar refractivity (Wildman–Crippen MR) is 48.4 cm³/mol. The third-order valence-corrected chi connectivity index (χ3v) is 3.27. The van der Waals surface area contributed by atoms with Crippen LogP contribution in [0.15, 0.2) is 9.80 Å². The summed E-state index contributed by atoms with van der Waals surface area (Å²) in [6, 6.07) is 0. The van der Waals surface area contributed by atoms with E-state index in [0.717, 1.165) is 17.8 Å². The molecule has 0 aliphatic heterocycles. The van der Waals surface area contributed by atoms with E-state index in [0.29, 0.717) is 0 Å². The molecule has 0 aliphatic rings. The SMILES string of the molecule is CC[O+]=c1sscc1CC. The third kappa shape index (κ3) is 1.67. The van der Waals surface area contributed by atoms with E-state index in [1.54, 1.807) is 20.7 Å². The van der Waals surface area contributed by atoms with Crippen LogP contribution < -0.4 is 4.74 Å². The maximum Gasteiger partial charge on any atom is 0.414 e. The van der Waals surface area contributed by atoms with E-state index in [1.165, 1.54) is 5.56 Å². The molecule has 0 unspecified atom stereocenters. The summed E-state index contributed by atoms with van der Waals surface area (Å²) < 4.78 is 6.50. The van der Waals surface area contributed by atoms with Crippen molar-refractivity contribution in [3.63, 3.8) is 0 Å². The molecule has 0 bridgehead atoms. The Morgan fingerprint density at radius 3 is 2.90 bits per heavy atom. The van der Waals surface area contributed by atoms with Gasteiger partial charge in [-0.15, -0.1) is 0 Å². The molecule has 3 heteroatoms. The second kappa shape index (κ2) is 3.88. The zero-order valence-electron chi connectivity index (χ0n) is 6.22. The number of aryl methyl sites for hydroxylation is 1. The molecule has 1 aromatic rings. The van der Waals surface area contributed by atoms with Gasteiger partial charge >= 0.3 is 4.74 Å². The van der Waals surface area contributed by atoms with Gasteiger partial charge in [0.15, 0.2) is 0 Å². The van der Waals surface area contributed by atoms with Gasteiger partial charge in [0, 0.05) is 22.6 Å². The van der Waals surface area contributed by atoms with Crippen molar-refractivity contribution in [2.45, 2.75) is 20.3 Å². The van der Waals surface area contributed by atoms with Crippen molar-refractivity contribution >= 4 is 20.7 Å². The lowest BCUT2D eigenvalue weighted by atomic mass is 10.3. The molecule has 1 heterocycles. The molecule has 0 radical (unpaired) electrons. The zero-order chi connectivity index (χ0) is 7.40. The molecule has 10 heavy (non-hydrogen) atoms. The Balaban J connectivity index is 3.01. The molecule has 0 saturated carbocycles. The van der Waals surface area contributed by atoms with E-state index in [9.17, 15) is 0 Å². The van der Waals surface area contributed by atoms with Crippen LogP contribution in [0.1, 0.15) is 19.4 Å². The Hall–Kier alpha value is -0.150. The molecular weight excluding hydrogens is 164 g/mol. The summed E-state index contributed by atoms with van der Waals surface area (Å²) >= 11 is 0. The summed E-state index contributed by atoms with van der Waals surface area (Å²) in [6.07, 6.45) is 1.08. The van der Waals surface area contributed by atoms with Gasteiger partial charge in [-0.05, 0) is 6.42 Å². The average Bonchev–Trinajstić information content (AvgIpc) is 2.36. The fraction of sp³-hybridized carbons (Fsp3) is 0.571. The highest BCUT2D eigenvalue weighted by Crippen LogP contribution is 2.05. The molecule has 1 rings (SSSR count). The largest absolute Gasteiger partial charge is 0.414 e. The van der Waals surface area contributed by atoms with Gasteiger partial charge in [-0.3, -0.25) is 0 Å². The third-order valence-electron chi connectivity index (χ3n) is 1.23. The Labute approximate surface area is 68.0 Å². The molecule has 0 amide bonds. The lowest BCUT2D eigenvalue weighted by Gasteiger charge is -1.75. The second-order valence-electron chi connectivity index (χ2n) is 1.90. The van der Waals surface area contributed by atoms with Gasteiger partial charge in [0.25, 0.3) is 6.61 Å². The van der Waals surface area contributed by atoms with Crippen LogP contribution >= 0.6 is 20.7 Å². The number of hydrogen-bond acceptors (Lipinski definition) is 2. The lowest BCUT2D eigenvalue weighted by molar-refractivity contribution is 1.13. The van der Waals surface area contributed by atoms with Gasteiger partial charge in [0.1, 0.15) is 0 Å². The van der Waals surface area contributed by atoms with E-state index < -0.39 is 0 Å². The van der Waals surface area contributed by atoms with E-state index >= 15 is 0 Å².